The molecule has 3 aromatic rings. The first kappa shape index (κ1) is 11.5. The van der Waals surface area contributed by atoms with Crippen molar-refractivity contribution in [3.05, 3.63) is 41.2 Å². The van der Waals surface area contributed by atoms with E-state index >= 15 is 0 Å². The zero-order chi connectivity index (χ0) is 13.7. The lowest BCUT2D eigenvalue weighted by molar-refractivity contribution is 0.317. The third-order valence-corrected chi connectivity index (χ3v) is 4.15. The largest absolute Gasteiger partial charge is 0.411 e. The van der Waals surface area contributed by atoms with Gasteiger partial charge in [0.05, 0.1) is 22.6 Å². The van der Waals surface area contributed by atoms with Crippen molar-refractivity contribution in [1.82, 2.24) is 9.97 Å². The summed E-state index contributed by atoms with van der Waals surface area (Å²) in [7, 11) is 0. The number of hydrogen-bond acceptors (Lipinski definition) is 3. The molecule has 4 rings (SSSR count). The fraction of sp³-hybridized carbons (Fsp3) is 0.250. The van der Waals surface area contributed by atoms with Crippen LogP contribution < -0.4 is 0 Å². The van der Waals surface area contributed by atoms with E-state index in [1.807, 2.05) is 19.1 Å². The van der Waals surface area contributed by atoms with Gasteiger partial charge in [-0.05, 0) is 32.3 Å². The highest BCUT2D eigenvalue weighted by Gasteiger charge is 2.23. The van der Waals surface area contributed by atoms with E-state index in [2.05, 4.69) is 22.3 Å². The fourth-order valence-electron chi connectivity index (χ4n) is 3.27. The first-order valence-corrected chi connectivity index (χ1v) is 6.91. The second kappa shape index (κ2) is 4.07. The van der Waals surface area contributed by atoms with E-state index < -0.39 is 0 Å². The second-order valence-corrected chi connectivity index (χ2v) is 5.34. The van der Waals surface area contributed by atoms with Crippen molar-refractivity contribution in [2.24, 2.45) is 5.16 Å². The summed E-state index contributed by atoms with van der Waals surface area (Å²) in [6.45, 7) is 2.03. The van der Waals surface area contributed by atoms with Crippen LogP contribution in [0.2, 0.25) is 0 Å². The van der Waals surface area contributed by atoms with E-state index in [1.165, 1.54) is 5.39 Å². The van der Waals surface area contributed by atoms with Crippen molar-refractivity contribution in [1.29, 1.82) is 0 Å². The number of aromatic amines is 1. The van der Waals surface area contributed by atoms with E-state index in [1.54, 1.807) is 0 Å². The molecule has 2 N–H and O–H groups in total. The Morgan fingerprint density at radius 2 is 2.10 bits per heavy atom. The summed E-state index contributed by atoms with van der Waals surface area (Å²) in [4.78, 5) is 8.15. The third-order valence-electron chi connectivity index (χ3n) is 4.15. The molecule has 0 radical (unpaired) electrons. The first-order chi connectivity index (χ1) is 9.79. The zero-order valence-electron chi connectivity index (χ0n) is 11.3. The Morgan fingerprint density at radius 1 is 1.25 bits per heavy atom. The predicted octanol–water partition coefficient (Wildman–Crippen LogP) is 3.54. The van der Waals surface area contributed by atoms with Gasteiger partial charge in [0.25, 0.3) is 0 Å². The van der Waals surface area contributed by atoms with Crippen LogP contribution in [0.15, 0.2) is 29.4 Å². The van der Waals surface area contributed by atoms with Crippen molar-refractivity contribution in [3.63, 3.8) is 0 Å². The second-order valence-electron chi connectivity index (χ2n) is 5.34. The summed E-state index contributed by atoms with van der Waals surface area (Å²) in [5.41, 5.74) is 6.00. The Morgan fingerprint density at radius 3 is 2.95 bits per heavy atom. The van der Waals surface area contributed by atoms with Gasteiger partial charge in [0.2, 0.25) is 0 Å². The van der Waals surface area contributed by atoms with Crippen molar-refractivity contribution in [2.45, 2.75) is 26.2 Å². The van der Waals surface area contributed by atoms with E-state index in [0.29, 0.717) is 0 Å². The van der Waals surface area contributed by atoms with Crippen LogP contribution in [0.5, 0.6) is 0 Å². The number of pyridine rings is 1. The molecule has 0 fully saturated rings. The average molecular weight is 265 g/mol. The van der Waals surface area contributed by atoms with E-state index in [4.69, 9.17) is 4.98 Å². The molecule has 100 valence electrons. The van der Waals surface area contributed by atoms with Gasteiger partial charge in [0.15, 0.2) is 0 Å². The van der Waals surface area contributed by atoms with Gasteiger partial charge in [-0.3, -0.25) is 4.98 Å². The molecule has 0 saturated carbocycles. The molecule has 0 aliphatic heterocycles. The minimum Gasteiger partial charge on any atom is -0.411 e. The fourth-order valence-corrected chi connectivity index (χ4v) is 3.27. The molecular weight excluding hydrogens is 250 g/mol. The lowest BCUT2D eigenvalue weighted by Gasteiger charge is -2.18. The van der Waals surface area contributed by atoms with Crippen LogP contribution in [0.1, 0.15) is 29.8 Å². The lowest BCUT2D eigenvalue weighted by Crippen LogP contribution is -2.15. The lowest BCUT2D eigenvalue weighted by atomic mass is 9.90. The monoisotopic (exact) mass is 265 g/mol. The topological polar surface area (TPSA) is 61.3 Å². The SMILES string of the molecule is Cc1nc2c(c3c1[nH]c1ccccc13)C(=NO)CCC2. The van der Waals surface area contributed by atoms with E-state index in [0.717, 1.165) is 58.3 Å². The predicted molar refractivity (Wildman–Crippen MR) is 79.6 cm³/mol. The smallest absolute Gasteiger partial charge is 0.0893 e. The average Bonchev–Trinajstić information content (AvgIpc) is 2.87. The Hall–Kier alpha value is -2.36. The molecule has 0 amide bonds. The molecular formula is C16H15N3O. The minimum atomic E-state index is 0.758. The number of benzene rings is 1. The molecule has 20 heavy (non-hydrogen) atoms. The Labute approximate surface area is 116 Å². The molecule has 2 aromatic heterocycles. The molecule has 0 spiro atoms. The normalized spacial score (nSPS) is 16.9. The summed E-state index contributed by atoms with van der Waals surface area (Å²) in [5.74, 6) is 0. The molecule has 1 aromatic carbocycles. The number of rotatable bonds is 0. The highest BCUT2D eigenvalue weighted by molar-refractivity contribution is 6.20. The van der Waals surface area contributed by atoms with Gasteiger partial charge in [0, 0.05) is 21.9 Å². The maximum Gasteiger partial charge on any atom is 0.0893 e. The molecule has 2 heterocycles. The summed E-state index contributed by atoms with van der Waals surface area (Å²) in [5, 5.41) is 15.2. The quantitative estimate of drug-likeness (QED) is 0.482. The molecule has 4 heteroatoms. The van der Waals surface area contributed by atoms with Crippen molar-refractivity contribution >= 4 is 27.5 Å². The van der Waals surface area contributed by atoms with Crippen molar-refractivity contribution < 1.29 is 5.21 Å². The van der Waals surface area contributed by atoms with Gasteiger partial charge in [-0.1, -0.05) is 23.4 Å². The number of nitrogens with one attached hydrogen (secondary N) is 1. The van der Waals surface area contributed by atoms with E-state index in [9.17, 15) is 5.21 Å². The number of fused-ring (bicyclic) bond motifs is 5. The highest BCUT2D eigenvalue weighted by atomic mass is 16.4. The van der Waals surface area contributed by atoms with Crippen molar-refractivity contribution in [3.8, 4) is 0 Å². The van der Waals surface area contributed by atoms with Gasteiger partial charge >= 0.3 is 0 Å². The van der Waals surface area contributed by atoms with Crippen LogP contribution >= 0.6 is 0 Å². The van der Waals surface area contributed by atoms with Crippen LogP contribution in [0.4, 0.5) is 0 Å². The zero-order valence-corrected chi connectivity index (χ0v) is 11.3. The van der Waals surface area contributed by atoms with Gasteiger partial charge in [0.1, 0.15) is 0 Å². The Bertz CT molecular complexity index is 861. The number of H-pyrrole nitrogens is 1. The van der Waals surface area contributed by atoms with E-state index in [-0.39, 0.29) is 0 Å². The van der Waals surface area contributed by atoms with Gasteiger partial charge < -0.3 is 10.2 Å². The van der Waals surface area contributed by atoms with Crippen LogP contribution in [0.3, 0.4) is 0 Å². The van der Waals surface area contributed by atoms with Crippen LogP contribution in [-0.2, 0) is 6.42 Å². The summed E-state index contributed by atoms with van der Waals surface area (Å²) < 4.78 is 0. The minimum absolute atomic E-state index is 0.758. The number of para-hydroxylation sites is 1. The van der Waals surface area contributed by atoms with Gasteiger partial charge in [-0.15, -0.1) is 0 Å². The first-order valence-electron chi connectivity index (χ1n) is 6.91. The number of aromatic nitrogens is 2. The maximum absolute atomic E-state index is 9.33. The summed E-state index contributed by atoms with van der Waals surface area (Å²) in [6.07, 6.45) is 2.75. The maximum atomic E-state index is 9.33. The van der Waals surface area contributed by atoms with Crippen LogP contribution in [0, 0.1) is 6.92 Å². The van der Waals surface area contributed by atoms with Crippen LogP contribution in [0.25, 0.3) is 21.8 Å². The standard InChI is InChI=1S/C16H15N3O/c1-9-16-14(10-5-2-3-6-11(10)18-16)15-12(17-9)7-4-8-13(15)19-20/h2-3,5-6,18,20H,4,7-8H2,1H3. The molecule has 0 unspecified atom stereocenters. The molecule has 0 bridgehead atoms. The number of aryl methyl sites for hydroxylation is 2. The number of nitrogens with zero attached hydrogens (tertiary/aromatic N) is 2. The summed E-state index contributed by atoms with van der Waals surface area (Å²) >= 11 is 0. The molecule has 1 aliphatic rings. The Kier molecular flexibility index (Phi) is 2.33. The van der Waals surface area contributed by atoms with Gasteiger partial charge in [-0.25, -0.2) is 0 Å². The Balaban J connectivity index is 2.25. The highest BCUT2D eigenvalue weighted by Crippen LogP contribution is 2.34. The molecule has 1 aliphatic carbocycles. The van der Waals surface area contributed by atoms with Crippen molar-refractivity contribution in [2.75, 3.05) is 0 Å². The molecule has 0 saturated heterocycles. The number of hydrogen-bond donors (Lipinski definition) is 2. The van der Waals surface area contributed by atoms with Gasteiger partial charge in [-0.2, -0.15) is 0 Å². The molecule has 0 atom stereocenters. The summed E-state index contributed by atoms with van der Waals surface area (Å²) in [6, 6.07) is 8.24. The number of oxime groups is 1. The van der Waals surface area contributed by atoms with Crippen LogP contribution in [-0.4, -0.2) is 20.9 Å². The molecule has 4 nitrogen and oxygen atoms in total. The third kappa shape index (κ3) is 1.42.